The Morgan fingerprint density at radius 3 is 2.62 bits per heavy atom. The normalized spacial score (nSPS) is 10.9. The number of nitrogens with one attached hydrogen (secondary N) is 1. The molecule has 1 heterocycles. The summed E-state index contributed by atoms with van der Waals surface area (Å²) in [5, 5.41) is 2.69. The molecule has 0 saturated heterocycles. The lowest BCUT2D eigenvalue weighted by molar-refractivity contribution is 0.190. The largest absolute Gasteiger partial charge is 0.385 e. The predicted octanol–water partition coefficient (Wildman–Crippen LogP) is 3.39. The number of anilines is 2. The van der Waals surface area contributed by atoms with Gasteiger partial charge in [-0.25, -0.2) is 18.2 Å². The molecule has 0 saturated carbocycles. The average Bonchev–Trinajstić information content (AvgIpc) is 2.76. The molecule has 1 N–H and O–H groups in total. The third-order valence-corrected chi connectivity index (χ3v) is 2.90. The number of hydrogen-bond donors (Lipinski definition) is 1. The summed E-state index contributed by atoms with van der Waals surface area (Å²) >= 11 is 0. The first-order chi connectivity index (χ1) is 10.0. The standard InChI is InChI=1S/C14H16F3N3O/c1-9-8-20(4-3-5-21-2)14(18-9)19-13-7-11(16)10(15)6-12(13)17/h6-8H,3-5H2,1-2H3,(H,18,19). The fraction of sp³-hybridized carbons (Fsp3) is 0.357. The van der Waals surface area contributed by atoms with Crippen LogP contribution in [0, 0.1) is 24.4 Å². The van der Waals surface area contributed by atoms with Gasteiger partial charge in [-0.2, -0.15) is 0 Å². The summed E-state index contributed by atoms with van der Waals surface area (Å²) in [5.41, 5.74) is 0.574. The molecule has 0 unspecified atom stereocenters. The Morgan fingerprint density at radius 1 is 1.19 bits per heavy atom. The molecule has 1 aromatic carbocycles. The zero-order valence-electron chi connectivity index (χ0n) is 11.8. The van der Waals surface area contributed by atoms with Gasteiger partial charge in [0.15, 0.2) is 11.6 Å². The quantitative estimate of drug-likeness (QED) is 0.656. The Kier molecular flexibility index (Phi) is 4.85. The summed E-state index contributed by atoms with van der Waals surface area (Å²) in [6.45, 7) is 2.98. The number of nitrogens with zero attached hydrogens (tertiary/aromatic N) is 2. The van der Waals surface area contributed by atoms with Crippen LogP contribution in [0.25, 0.3) is 0 Å². The van der Waals surface area contributed by atoms with E-state index in [9.17, 15) is 13.2 Å². The van der Waals surface area contributed by atoms with E-state index in [1.807, 2.05) is 0 Å². The van der Waals surface area contributed by atoms with Crippen LogP contribution in [0.5, 0.6) is 0 Å². The maximum Gasteiger partial charge on any atom is 0.207 e. The maximum atomic E-state index is 13.6. The Balaban J connectivity index is 2.21. The van der Waals surface area contributed by atoms with Gasteiger partial charge in [0.2, 0.25) is 5.95 Å². The van der Waals surface area contributed by atoms with Gasteiger partial charge in [0, 0.05) is 38.6 Å². The van der Waals surface area contributed by atoms with Crippen LogP contribution in [-0.4, -0.2) is 23.3 Å². The van der Waals surface area contributed by atoms with Crippen LogP contribution in [0.15, 0.2) is 18.3 Å². The van der Waals surface area contributed by atoms with Crippen molar-refractivity contribution < 1.29 is 17.9 Å². The van der Waals surface area contributed by atoms with E-state index >= 15 is 0 Å². The highest BCUT2D eigenvalue weighted by atomic mass is 19.2. The highest BCUT2D eigenvalue weighted by Gasteiger charge is 2.13. The predicted molar refractivity (Wildman–Crippen MR) is 73.1 cm³/mol. The maximum absolute atomic E-state index is 13.6. The third-order valence-electron chi connectivity index (χ3n) is 2.90. The minimum absolute atomic E-state index is 0.160. The number of rotatable bonds is 6. The van der Waals surface area contributed by atoms with E-state index in [1.54, 1.807) is 24.8 Å². The molecule has 2 rings (SSSR count). The van der Waals surface area contributed by atoms with Crippen LogP contribution in [0.3, 0.4) is 0 Å². The average molecular weight is 299 g/mol. The summed E-state index contributed by atoms with van der Waals surface area (Å²) < 4.78 is 46.5. The van der Waals surface area contributed by atoms with Crippen LogP contribution < -0.4 is 5.32 Å². The van der Waals surface area contributed by atoms with Gasteiger partial charge in [0.25, 0.3) is 0 Å². The van der Waals surface area contributed by atoms with Crippen molar-refractivity contribution in [3.8, 4) is 0 Å². The first-order valence-corrected chi connectivity index (χ1v) is 6.45. The number of aryl methyl sites for hydroxylation is 2. The van der Waals surface area contributed by atoms with Gasteiger partial charge in [-0.1, -0.05) is 0 Å². The minimum Gasteiger partial charge on any atom is -0.385 e. The fourth-order valence-corrected chi connectivity index (χ4v) is 1.94. The number of benzene rings is 1. The number of imidazole rings is 1. The molecule has 0 spiro atoms. The second kappa shape index (κ2) is 6.62. The van der Waals surface area contributed by atoms with Gasteiger partial charge < -0.3 is 14.6 Å². The number of ether oxygens (including phenoxy) is 1. The van der Waals surface area contributed by atoms with Gasteiger partial charge in [-0.3, -0.25) is 0 Å². The lowest BCUT2D eigenvalue weighted by Gasteiger charge is -2.10. The summed E-state index contributed by atoms with van der Waals surface area (Å²) in [7, 11) is 1.61. The van der Waals surface area contributed by atoms with Crippen molar-refractivity contribution in [2.75, 3.05) is 19.0 Å². The van der Waals surface area contributed by atoms with Gasteiger partial charge in [0.1, 0.15) is 5.82 Å². The van der Waals surface area contributed by atoms with Crippen molar-refractivity contribution in [3.63, 3.8) is 0 Å². The van der Waals surface area contributed by atoms with Gasteiger partial charge in [-0.15, -0.1) is 0 Å². The summed E-state index contributed by atoms with van der Waals surface area (Å²) in [6, 6.07) is 1.27. The zero-order chi connectivity index (χ0) is 15.4. The monoisotopic (exact) mass is 299 g/mol. The van der Waals surface area contributed by atoms with Crippen LogP contribution in [0.2, 0.25) is 0 Å². The Labute approximate surface area is 120 Å². The highest BCUT2D eigenvalue weighted by Crippen LogP contribution is 2.22. The molecule has 21 heavy (non-hydrogen) atoms. The fourth-order valence-electron chi connectivity index (χ4n) is 1.94. The molecule has 0 aliphatic carbocycles. The molecule has 0 amide bonds. The van der Waals surface area contributed by atoms with Crippen molar-refractivity contribution in [2.45, 2.75) is 19.9 Å². The van der Waals surface area contributed by atoms with Gasteiger partial charge >= 0.3 is 0 Å². The van der Waals surface area contributed by atoms with Crippen molar-refractivity contribution in [1.82, 2.24) is 9.55 Å². The number of methoxy groups -OCH3 is 1. The molecule has 0 bridgehead atoms. The van der Waals surface area contributed by atoms with E-state index in [0.717, 1.165) is 18.2 Å². The van der Waals surface area contributed by atoms with E-state index in [0.29, 0.717) is 25.2 Å². The molecule has 0 aliphatic rings. The molecule has 0 fully saturated rings. The van der Waals surface area contributed by atoms with Crippen molar-refractivity contribution in [1.29, 1.82) is 0 Å². The van der Waals surface area contributed by atoms with E-state index in [-0.39, 0.29) is 5.69 Å². The van der Waals surface area contributed by atoms with Crippen LogP contribution >= 0.6 is 0 Å². The summed E-state index contributed by atoms with van der Waals surface area (Å²) in [4.78, 5) is 4.21. The molecule has 114 valence electrons. The molecule has 1 aromatic heterocycles. The van der Waals surface area contributed by atoms with Crippen molar-refractivity contribution in [2.24, 2.45) is 0 Å². The lowest BCUT2D eigenvalue weighted by Crippen LogP contribution is -2.06. The molecule has 4 nitrogen and oxygen atoms in total. The molecule has 2 aromatic rings. The molecular weight excluding hydrogens is 283 g/mol. The molecular formula is C14H16F3N3O. The molecule has 7 heteroatoms. The number of halogens is 3. The topological polar surface area (TPSA) is 39.1 Å². The smallest absolute Gasteiger partial charge is 0.207 e. The van der Waals surface area contributed by atoms with E-state index in [4.69, 9.17) is 4.74 Å². The Hall–Kier alpha value is -2.02. The Morgan fingerprint density at radius 2 is 1.90 bits per heavy atom. The molecule has 0 atom stereocenters. The van der Waals surface area contributed by atoms with Gasteiger partial charge in [-0.05, 0) is 13.3 Å². The lowest BCUT2D eigenvalue weighted by atomic mass is 10.3. The van der Waals surface area contributed by atoms with Crippen LogP contribution in [0.4, 0.5) is 24.8 Å². The van der Waals surface area contributed by atoms with E-state index in [2.05, 4.69) is 10.3 Å². The van der Waals surface area contributed by atoms with E-state index < -0.39 is 17.5 Å². The first kappa shape index (κ1) is 15.4. The molecule has 0 aliphatic heterocycles. The van der Waals surface area contributed by atoms with Crippen LogP contribution in [0.1, 0.15) is 12.1 Å². The molecule has 0 radical (unpaired) electrons. The van der Waals surface area contributed by atoms with Crippen molar-refractivity contribution in [3.05, 3.63) is 41.5 Å². The number of hydrogen-bond acceptors (Lipinski definition) is 3. The first-order valence-electron chi connectivity index (χ1n) is 6.45. The highest BCUT2D eigenvalue weighted by molar-refractivity contribution is 5.55. The minimum atomic E-state index is -1.22. The zero-order valence-corrected chi connectivity index (χ0v) is 11.8. The summed E-state index contributed by atoms with van der Waals surface area (Å²) in [6.07, 6.45) is 2.54. The third kappa shape index (κ3) is 3.75. The second-order valence-electron chi connectivity index (χ2n) is 4.62. The Bertz CT molecular complexity index is 628. The van der Waals surface area contributed by atoms with E-state index in [1.165, 1.54) is 0 Å². The second-order valence-corrected chi connectivity index (χ2v) is 4.62. The van der Waals surface area contributed by atoms with Gasteiger partial charge in [0.05, 0.1) is 11.4 Å². The number of aromatic nitrogens is 2. The van der Waals surface area contributed by atoms with Crippen LogP contribution in [-0.2, 0) is 11.3 Å². The summed E-state index contributed by atoms with van der Waals surface area (Å²) in [5.74, 6) is -2.85. The SMILES string of the molecule is COCCCn1cc(C)nc1Nc1cc(F)c(F)cc1F. The van der Waals surface area contributed by atoms with Crippen molar-refractivity contribution >= 4 is 11.6 Å².